The largest absolute Gasteiger partial charge is 0.460 e. The monoisotopic (exact) mass is 258 g/mol. The maximum Gasteiger partial charge on any atom is 0.330 e. The summed E-state index contributed by atoms with van der Waals surface area (Å²) < 4.78 is 5.46. The second kappa shape index (κ2) is 5.82. The molecule has 4 heteroatoms. The van der Waals surface area contributed by atoms with Gasteiger partial charge < -0.3 is 4.74 Å². The minimum atomic E-state index is -1.19. The molecule has 0 spiro atoms. The van der Waals surface area contributed by atoms with E-state index in [1.807, 2.05) is 0 Å². The maximum absolute atomic E-state index is 11.3. The molecule has 2 nitrogen and oxygen atoms in total. The fourth-order valence-corrected chi connectivity index (χ4v) is 5.21. The summed E-state index contributed by atoms with van der Waals surface area (Å²) in [7, 11) is -2.38. The van der Waals surface area contributed by atoms with Gasteiger partial charge in [0.05, 0.1) is 6.10 Å². The van der Waals surface area contributed by atoms with Crippen molar-refractivity contribution in [1.29, 1.82) is 0 Å². The van der Waals surface area contributed by atoms with Gasteiger partial charge in [0, 0.05) is 22.2 Å². The van der Waals surface area contributed by atoms with Crippen LogP contribution in [0.4, 0.5) is 0 Å². The highest BCUT2D eigenvalue weighted by Gasteiger charge is 2.27. The summed E-state index contributed by atoms with van der Waals surface area (Å²) in [5, 5.41) is 0. The van der Waals surface area contributed by atoms with Crippen molar-refractivity contribution in [3.05, 3.63) is 12.7 Å². The van der Waals surface area contributed by atoms with E-state index in [-0.39, 0.29) is 12.1 Å². The van der Waals surface area contributed by atoms with E-state index in [0.29, 0.717) is 0 Å². The van der Waals surface area contributed by atoms with Crippen LogP contribution in [-0.2, 0) is 9.53 Å². The van der Waals surface area contributed by atoms with Gasteiger partial charge in [-0.25, -0.2) is 4.79 Å². The average molecular weight is 259 g/mol. The second-order valence-electron chi connectivity index (χ2n) is 6.79. The Morgan fingerprint density at radius 2 is 1.50 bits per heavy atom. The molecule has 0 unspecified atom stereocenters. The number of hydrogen-bond donors (Lipinski definition) is 0. The van der Waals surface area contributed by atoms with Crippen LogP contribution < -0.4 is 0 Å². The van der Waals surface area contributed by atoms with Gasteiger partial charge in [-0.15, -0.1) is 0 Å². The molecular formula is C12H26O2Si2. The van der Waals surface area contributed by atoms with Crippen LogP contribution in [-0.4, -0.2) is 28.2 Å². The lowest BCUT2D eigenvalue weighted by Crippen LogP contribution is -2.35. The molecule has 0 saturated heterocycles. The Morgan fingerprint density at radius 3 is 1.75 bits per heavy atom. The summed E-state index contributed by atoms with van der Waals surface area (Å²) in [5.41, 5.74) is 0. The standard InChI is InChI=1S/C12H26O2Si2/c1-8-12(13)14-11(9-15(2,3)4)10-16(5,6)7/h8,11H,1,9-10H2,2-7H3. The van der Waals surface area contributed by atoms with Gasteiger partial charge in [0.15, 0.2) is 0 Å². The van der Waals surface area contributed by atoms with Gasteiger partial charge in [-0.05, 0) is 12.1 Å². The summed E-state index contributed by atoms with van der Waals surface area (Å²) >= 11 is 0. The van der Waals surface area contributed by atoms with Crippen molar-refractivity contribution in [3.8, 4) is 0 Å². The van der Waals surface area contributed by atoms with E-state index in [4.69, 9.17) is 4.74 Å². The van der Waals surface area contributed by atoms with E-state index in [0.717, 1.165) is 12.1 Å². The van der Waals surface area contributed by atoms with E-state index in [9.17, 15) is 4.79 Å². The van der Waals surface area contributed by atoms with Crippen LogP contribution in [0.15, 0.2) is 12.7 Å². The van der Waals surface area contributed by atoms with E-state index in [1.165, 1.54) is 6.08 Å². The number of hydrogen-bond acceptors (Lipinski definition) is 2. The van der Waals surface area contributed by atoms with Crippen molar-refractivity contribution >= 4 is 22.1 Å². The second-order valence-corrected chi connectivity index (χ2v) is 17.9. The predicted octanol–water partition coefficient (Wildman–Crippen LogP) is 3.76. The summed E-state index contributed by atoms with van der Waals surface area (Å²) in [6.07, 6.45) is 1.37. The summed E-state index contributed by atoms with van der Waals surface area (Å²) in [6, 6.07) is 2.10. The quantitative estimate of drug-likeness (QED) is 0.412. The number of carbonyl (C=O) groups is 1. The van der Waals surface area contributed by atoms with Gasteiger partial charge in [0.25, 0.3) is 0 Å². The Hall–Kier alpha value is -0.356. The van der Waals surface area contributed by atoms with Crippen molar-refractivity contribution in [1.82, 2.24) is 0 Å². The summed E-state index contributed by atoms with van der Waals surface area (Å²) in [6.45, 7) is 17.3. The Morgan fingerprint density at radius 1 is 1.12 bits per heavy atom. The van der Waals surface area contributed by atoms with Gasteiger partial charge in [-0.1, -0.05) is 45.9 Å². The SMILES string of the molecule is C=CC(=O)OC(C[Si](C)(C)C)C[Si](C)(C)C. The van der Waals surface area contributed by atoms with Crippen LogP contribution in [0.2, 0.25) is 51.4 Å². The van der Waals surface area contributed by atoms with Gasteiger partial charge >= 0.3 is 5.97 Å². The van der Waals surface area contributed by atoms with Gasteiger partial charge in [-0.3, -0.25) is 0 Å². The first-order chi connectivity index (χ1) is 7.03. The molecule has 0 aromatic heterocycles. The molecule has 0 aliphatic rings. The van der Waals surface area contributed by atoms with Crippen LogP contribution in [0.1, 0.15) is 0 Å². The zero-order valence-electron chi connectivity index (χ0n) is 11.6. The molecule has 0 aromatic carbocycles. The van der Waals surface area contributed by atoms with E-state index >= 15 is 0 Å². The first kappa shape index (κ1) is 15.6. The molecule has 0 fully saturated rings. The highest BCUT2D eigenvalue weighted by Crippen LogP contribution is 2.22. The van der Waals surface area contributed by atoms with E-state index < -0.39 is 16.1 Å². The molecule has 0 N–H and O–H groups in total. The zero-order chi connectivity index (χ0) is 13.0. The molecule has 0 aromatic rings. The molecule has 0 saturated carbocycles. The summed E-state index contributed by atoms with van der Waals surface area (Å²) in [5.74, 6) is -0.276. The van der Waals surface area contributed by atoms with Crippen LogP contribution in [0.3, 0.4) is 0 Å². The Labute approximate surface area is 102 Å². The lowest BCUT2D eigenvalue weighted by Gasteiger charge is -2.28. The fourth-order valence-electron chi connectivity index (χ4n) is 1.73. The van der Waals surface area contributed by atoms with E-state index in [1.54, 1.807) is 0 Å². The molecule has 0 radical (unpaired) electrons. The fraction of sp³-hybridized carbons (Fsp3) is 0.750. The molecule has 0 aliphatic carbocycles. The Bertz CT molecular complexity index is 233. The van der Waals surface area contributed by atoms with Crippen molar-refractivity contribution in [3.63, 3.8) is 0 Å². The molecule has 94 valence electrons. The van der Waals surface area contributed by atoms with Crippen LogP contribution in [0.25, 0.3) is 0 Å². The first-order valence-electron chi connectivity index (χ1n) is 5.86. The predicted molar refractivity (Wildman–Crippen MR) is 76.4 cm³/mol. The van der Waals surface area contributed by atoms with Crippen molar-refractivity contribution in [2.45, 2.75) is 57.5 Å². The molecule has 0 aliphatic heterocycles. The summed E-state index contributed by atoms with van der Waals surface area (Å²) in [4.78, 5) is 11.3. The number of esters is 1. The molecule has 0 bridgehead atoms. The highest BCUT2D eigenvalue weighted by molar-refractivity contribution is 6.78. The third-order valence-electron chi connectivity index (χ3n) is 2.13. The number of ether oxygens (including phenoxy) is 1. The van der Waals surface area contributed by atoms with Gasteiger partial charge in [0.2, 0.25) is 0 Å². The highest BCUT2D eigenvalue weighted by atomic mass is 28.3. The lowest BCUT2D eigenvalue weighted by molar-refractivity contribution is -0.141. The Balaban J connectivity index is 4.51. The smallest absolute Gasteiger partial charge is 0.330 e. The number of rotatable bonds is 6. The van der Waals surface area contributed by atoms with Crippen LogP contribution in [0, 0.1) is 0 Å². The first-order valence-corrected chi connectivity index (χ1v) is 13.3. The average Bonchev–Trinajstić information content (AvgIpc) is 1.97. The minimum Gasteiger partial charge on any atom is -0.460 e. The van der Waals surface area contributed by atoms with E-state index in [2.05, 4.69) is 45.9 Å². The molecular weight excluding hydrogens is 232 g/mol. The molecule has 0 atom stereocenters. The van der Waals surface area contributed by atoms with Crippen LogP contribution in [0.5, 0.6) is 0 Å². The topological polar surface area (TPSA) is 26.3 Å². The van der Waals surface area contributed by atoms with Crippen molar-refractivity contribution in [2.75, 3.05) is 0 Å². The molecule has 0 heterocycles. The third-order valence-corrected chi connectivity index (χ3v) is 5.49. The maximum atomic E-state index is 11.3. The molecule has 0 rings (SSSR count). The van der Waals surface area contributed by atoms with Gasteiger partial charge in [-0.2, -0.15) is 0 Å². The van der Waals surface area contributed by atoms with Gasteiger partial charge in [0.1, 0.15) is 0 Å². The number of carbonyl (C=O) groups excluding carboxylic acids is 1. The Kier molecular flexibility index (Phi) is 5.69. The van der Waals surface area contributed by atoms with Crippen LogP contribution >= 0.6 is 0 Å². The normalized spacial score (nSPS) is 12.7. The lowest BCUT2D eigenvalue weighted by atomic mass is 10.4. The van der Waals surface area contributed by atoms with Crippen molar-refractivity contribution < 1.29 is 9.53 Å². The minimum absolute atomic E-state index is 0.101. The molecule has 16 heavy (non-hydrogen) atoms. The zero-order valence-corrected chi connectivity index (χ0v) is 13.6. The van der Waals surface area contributed by atoms with Crippen molar-refractivity contribution in [2.24, 2.45) is 0 Å². The third kappa shape index (κ3) is 8.91. The molecule has 0 amide bonds.